The van der Waals surface area contributed by atoms with Gasteiger partial charge in [0, 0.05) is 23.1 Å². The molecule has 0 aliphatic heterocycles. The van der Waals surface area contributed by atoms with Crippen molar-refractivity contribution in [1.29, 1.82) is 0 Å². The van der Waals surface area contributed by atoms with Crippen LogP contribution in [0.5, 0.6) is 0 Å². The molecular weight excluding hydrogens is 386 g/mol. The van der Waals surface area contributed by atoms with E-state index in [2.05, 4.69) is 10.6 Å². The Morgan fingerprint density at radius 2 is 1.86 bits per heavy atom. The lowest BCUT2D eigenvalue weighted by Crippen LogP contribution is -2.48. The van der Waals surface area contributed by atoms with Gasteiger partial charge < -0.3 is 10.1 Å². The van der Waals surface area contributed by atoms with Crippen molar-refractivity contribution < 1.29 is 24.0 Å². The molecule has 0 spiro atoms. The number of esters is 1. The zero-order valence-electron chi connectivity index (χ0n) is 15.5. The Morgan fingerprint density at radius 1 is 1.21 bits per heavy atom. The van der Waals surface area contributed by atoms with Gasteiger partial charge in [-0.15, -0.1) is 11.8 Å². The number of benzene rings is 1. The number of nitro benzene ring substituents is 1. The van der Waals surface area contributed by atoms with Crippen LogP contribution in [0.1, 0.15) is 39.0 Å². The molecule has 1 aromatic rings. The number of non-ortho nitro benzene ring substituents is 1. The monoisotopic (exact) mass is 409 g/mol. The molecule has 1 fully saturated rings. The Kier molecular flexibility index (Phi) is 8.24. The molecule has 1 atom stereocenters. The van der Waals surface area contributed by atoms with E-state index in [-0.39, 0.29) is 17.5 Å². The van der Waals surface area contributed by atoms with Crippen molar-refractivity contribution >= 4 is 35.4 Å². The summed E-state index contributed by atoms with van der Waals surface area (Å²) in [6.45, 7) is 1.39. The van der Waals surface area contributed by atoms with E-state index < -0.39 is 28.9 Å². The van der Waals surface area contributed by atoms with Crippen molar-refractivity contribution in [2.75, 3.05) is 5.75 Å². The second-order valence-corrected chi connectivity index (χ2v) is 7.52. The summed E-state index contributed by atoms with van der Waals surface area (Å²) in [6.07, 6.45) is 3.95. The fraction of sp³-hybridized carbons (Fsp3) is 0.500. The lowest BCUT2D eigenvalue weighted by molar-refractivity contribution is -0.384. The lowest BCUT2D eigenvalue weighted by Gasteiger charge is -2.23. The first-order chi connectivity index (χ1) is 13.3. The molecule has 3 amide bonds. The van der Waals surface area contributed by atoms with Crippen LogP contribution < -0.4 is 10.6 Å². The number of carbonyl (C=O) groups is 3. The summed E-state index contributed by atoms with van der Waals surface area (Å²) in [4.78, 5) is 46.5. The molecule has 0 heterocycles. The standard InChI is InChI=1S/C18H23N3O6S/c1-12(17(23)20-18(24)19-13-5-3-2-4-6-13)27-16(22)11-28-15-9-7-14(8-10-15)21(25)26/h7-10,12-13H,2-6,11H2,1H3,(H2,19,20,23,24)/t12-/m1/s1. The minimum Gasteiger partial charge on any atom is -0.452 e. The van der Waals surface area contributed by atoms with Gasteiger partial charge in [-0.25, -0.2) is 4.79 Å². The van der Waals surface area contributed by atoms with Crippen molar-refractivity contribution in [1.82, 2.24) is 10.6 Å². The summed E-state index contributed by atoms with van der Waals surface area (Å²) < 4.78 is 5.03. The first kappa shape index (κ1) is 21.7. The molecule has 2 N–H and O–H groups in total. The van der Waals surface area contributed by atoms with E-state index in [4.69, 9.17) is 4.74 Å². The summed E-state index contributed by atoms with van der Waals surface area (Å²) in [5, 5.41) is 15.5. The van der Waals surface area contributed by atoms with Gasteiger partial charge in [-0.3, -0.25) is 25.0 Å². The van der Waals surface area contributed by atoms with Crippen LogP contribution in [-0.4, -0.2) is 40.7 Å². The quantitative estimate of drug-likeness (QED) is 0.307. The van der Waals surface area contributed by atoms with Crippen molar-refractivity contribution in [2.24, 2.45) is 0 Å². The number of urea groups is 1. The van der Waals surface area contributed by atoms with Gasteiger partial charge in [-0.1, -0.05) is 19.3 Å². The zero-order chi connectivity index (χ0) is 20.5. The number of rotatable bonds is 7. The first-order valence-corrected chi connectivity index (χ1v) is 10.0. The van der Waals surface area contributed by atoms with Crippen LogP contribution in [0.2, 0.25) is 0 Å². The molecule has 9 nitrogen and oxygen atoms in total. The Bertz CT molecular complexity index is 719. The molecule has 1 saturated carbocycles. The van der Waals surface area contributed by atoms with E-state index in [0.717, 1.165) is 43.9 Å². The molecule has 1 aromatic carbocycles. The van der Waals surface area contributed by atoms with Crippen molar-refractivity contribution in [2.45, 2.75) is 56.1 Å². The van der Waals surface area contributed by atoms with Gasteiger partial charge in [-0.2, -0.15) is 0 Å². The van der Waals surface area contributed by atoms with Gasteiger partial charge in [0.25, 0.3) is 11.6 Å². The number of nitro groups is 1. The van der Waals surface area contributed by atoms with Crippen molar-refractivity contribution in [3.05, 3.63) is 34.4 Å². The number of amides is 3. The topological polar surface area (TPSA) is 128 Å². The highest BCUT2D eigenvalue weighted by molar-refractivity contribution is 8.00. The summed E-state index contributed by atoms with van der Waals surface area (Å²) in [6, 6.07) is 5.23. The number of imide groups is 1. The fourth-order valence-electron chi connectivity index (χ4n) is 2.77. The Balaban J connectivity index is 1.70. The average molecular weight is 409 g/mol. The normalized spacial score (nSPS) is 15.3. The van der Waals surface area contributed by atoms with E-state index >= 15 is 0 Å². The van der Waals surface area contributed by atoms with Crippen molar-refractivity contribution in [3.8, 4) is 0 Å². The highest BCUT2D eigenvalue weighted by Gasteiger charge is 2.22. The molecule has 0 aromatic heterocycles. The third-order valence-electron chi connectivity index (χ3n) is 4.26. The van der Waals surface area contributed by atoms with Crippen LogP contribution in [0.15, 0.2) is 29.2 Å². The summed E-state index contributed by atoms with van der Waals surface area (Å²) >= 11 is 1.13. The highest BCUT2D eigenvalue weighted by atomic mass is 32.2. The molecule has 0 unspecified atom stereocenters. The number of thioether (sulfide) groups is 1. The number of hydrogen-bond acceptors (Lipinski definition) is 7. The van der Waals surface area contributed by atoms with Gasteiger partial charge in [0.2, 0.25) is 0 Å². The highest BCUT2D eigenvalue weighted by Crippen LogP contribution is 2.21. The summed E-state index contributed by atoms with van der Waals surface area (Å²) in [5.74, 6) is -1.38. The van der Waals surface area contributed by atoms with Gasteiger partial charge in [0.1, 0.15) is 0 Å². The molecule has 1 aliphatic rings. The molecule has 2 rings (SSSR count). The largest absolute Gasteiger partial charge is 0.452 e. The maximum absolute atomic E-state index is 12.0. The van der Waals surface area contributed by atoms with Crippen LogP contribution in [0, 0.1) is 10.1 Å². The van der Waals surface area contributed by atoms with Crippen LogP contribution in [0.25, 0.3) is 0 Å². The number of hydrogen-bond donors (Lipinski definition) is 2. The molecule has 28 heavy (non-hydrogen) atoms. The predicted molar refractivity (Wildman–Crippen MR) is 103 cm³/mol. The molecule has 10 heteroatoms. The minimum atomic E-state index is -1.11. The van der Waals surface area contributed by atoms with E-state index in [1.54, 1.807) is 0 Å². The Hall–Kier alpha value is -2.62. The molecule has 1 aliphatic carbocycles. The number of carbonyl (C=O) groups excluding carboxylic acids is 3. The maximum atomic E-state index is 12.0. The van der Waals surface area contributed by atoms with E-state index in [1.807, 2.05) is 0 Å². The fourth-order valence-corrected chi connectivity index (χ4v) is 3.45. The molecule has 0 bridgehead atoms. The molecule has 0 saturated heterocycles. The number of ether oxygens (including phenoxy) is 1. The van der Waals surface area contributed by atoms with E-state index in [9.17, 15) is 24.5 Å². The Morgan fingerprint density at radius 3 is 2.46 bits per heavy atom. The van der Waals surface area contributed by atoms with Gasteiger partial charge in [-0.05, 0) is 31.9 Å². The third kappa shape index (κ3) is 7.18. The summed E-state index contributed by atoms with van der Waals surface area (Å²) in [5.41, 5.74) is -0.0382. The number of nitrogens with one attached hydrogen (secondary N) is 2. The van der Waals surface area contributed by atoms with Gasteiger partial charge in [0.15, 0.2) is 6.10 Å². The summed E-state index contributed by atoms with van der Waals surface area (Å²) in [7, 11) is 0. The molecular formula is C18H23N3O6S. The Labute approximate surface area is 166 Å². The average Bonchev–Trinajstić information content (AvgIpc) is 2.67. The van der Waals surface area contributed by atoms with Crippen molar-refractivity contribution in [3.63, 3.8) is 0 Å². The second-order valence-electron chi connectivity index (χ2n) is 6.47. The van der Waals surface area contributed by atoms with E-state index in [1.165, 1.54) is 31.2 Å². The second kappa shape index (κ2) is 10.6. The van der Waals surface area contributed by atoms with Crippen LogP contribution >= 0.6 is 11.8 Å². The maximum Gasteiger partial charge on any atom is 0.321 e. The number of nitrogens with zero attached hydrogens (tertiary/aromatic N) is 1. The third-order valence-corrected chi connectivity index (χ3v) is 5.24. The SMILES string of the molecule is C[C@@H](OC(=O)CSc1ccc([N+](=O)[O-])cc1)C(=O)NC(=O)NC1CCCCC1. The smallest absolute Gasteiger partial charge is 0.321 e. The first-order valence-electron chi connectivity index (χ1n) is 9.03. The lowest BCUT2D eigenvalue weighted by atomic mass is 9.96. The van der Waals surface area contributed by atoms with Gasteiger partial charge >= 0.3 is 12.0 Å². The molecule has 152 valence electrons. The van der Waals surface area contributed by atoms with Gasteiger partial charge in [0.05, 0.1) is 10.7 Å². The zero-order valence-corrected chi connectivity index (χ0v) is 16.3. The molecule has 0 radical (unpaired) electrons. The predicted octanol–water partition coefficient (Wildman–Crippen LogP) is 2.78. The van der Waals surface area contributed by atoms with Crippen LogP contribution in [0.4, 0.5) is 10.5 Å². The minimum absolute atomic E-state index is 0.0382. The van der Waals surface area contributed by atoms with E-state index in [0.29, 0.717) is 4.90 Å². The van der Waals surface area contributed by atoms with Crippen LogP contribution in [-0.2, 0) is 14.3 Å². The van der Waals surface area contributed by atoms with Crippen LogP contribution in [0.3, 0.4) is 0 Å².